The first-order valence-corrected chi connectivity index (χ1v) is 12.7. The van der Waals surface area contributed by atoms with Crippen molar-refractivity contribution in [3.05, 3.63) is 90.0 Å². The van der Waals surface area contributed by atoms with Crippen LogP contribution in [0, 0.1) is 5.92 Å². The molecule has 1 aliphatic heterocycles. The number of carbonyl (C=O) groups is 1. The van der Waals surface area contributed by atoms with Gasteiger partial charge in [0.05, 0.1) is 24.9 Å². The van der Waals surface area contributed by atoms with Gasteiger partial charge in [0.1, 0.15) is 11.5 Å². The van der Waals surface area contributed by atoms with Crippen LogP contribution in [0.25, 0.3) is 22.2 Å². The maximum Gasteiger partial charge on any atom is 0.253 e. The molecule has 1 fully saturated rings. The number of amides is 1. The van der Waals surface area contributed by atoms with Crippen LogP contribution in [0.2, 0.25) is 0 Å². The highest BCUT2D eigenvalue weighted by Gasteiger charge is 2.24. The van der Waals surface area contributed by atoms with Gasteiger partial charge in [0.15, 0.2) is 0 Å². The van der Waals surface area contributed by atoms with E-state index in [1.54, 1.807) is 7.11 Å². The molecule has 0 spiro atoms. The second-order valence-corrected chi connectivity index (χ2v) is 9.33. The molecule has 0 bridgehead atoms. The number of ether oxygens (including phenoxy) is 2. The molecule has 3 aromatic carbocycles. The minimum absolute atomic E-state index is 0.0781. The fourth-order valence-electron chi connectivity index (χ4n) is 5.00. The number of likely N-dealkylation sites (tertiary alicyclic amines) is 1. The number of hydrogen-bond donors (Lipinski definition) is 0. The van der Waals surface area contributed by atoms with E-state index in [9.17, 15) is 4.79 Å². The first-order chi connectivity index (χ1) is 17.6. The normalized spacial score (nSPS) is 14.1. The summed E-state index contributed by atoms with van der Waals surface area (Å²) in [6.07, 6.45) is 3.14. The molecule has 4 aromatic rings. The molecule has 1 saturated heterocycles. The Labute approximate surface area is 212 Å². The summed E-state index contributed by atoms with van der Waals surface area (Å²) in [5.41, 5.74) is 4.62. The average Bonchev–Trinajstić information content (AvgIpc) is 2.93. The van der Waals surface area contributed by atoms with Crippen LogP contribution in [0.1, 0.15) is 35.7 Å². The summed E-state index contributed by atoms with van der Waals surface area (Å²) in [5.74, 6) is 2.21. The van der Waals surface area contributed by atoms with Gasteiger partial charge in [-0.15, -0.1) is 0 Å². The van der Waals surface area contributed by atoms with Gasteiger partial charge in [-0.2, -0.15) is 0 Å². The van der Waals surface area contributed by atoms with Crippen LogP contribution in [0.4, 0.5) is 0 Å². The zero-order valence-electron chi connectivity index (χ0n) is 20.9. The van der Waals surface area contributed by atoms with E-state index >= 15 is 0 Å². The fraction of sp³-hybridized carbons (Fsp3) is 0.290. The molecular formula is C31H32N2O3. The second-order valence-electron chi connectivity index (χ2n) is 9.33. The summed E-state index contributed by atoms with van der Waals surface area (Å²) in [4.78, 5) is 20.2. The van der Waals surface area contributed by atoms with Crippen molar-refractivity contribution in [1.29, 1.82) is 0 Å². The predicted octanol–water partition coefficient (Wildman–Crippen LogP) is 6.40. The Kier molecular flexibility index (Phi) is 7.17. The molecule has 184 valence electrons. The Morgan fingerprint density at radius 1 is 0.972 bits per heavy atom. The molecule has 0 saturated carbocycles. The molecule has 5 rings (SSSR count). The van der Waals surface area contributed by atoms with Crippen LogP contribution in [0.5, 0.6) is 11.5 Å². The number of rotatable bonds is 7. The molecule has 5 nitrogen and oxygen atoms in total. The number of carbonyl (C=O) groups excluding carboxylic acids is 1. The summed E-state index contributed by atoms with van der Waals surface area (Å²) in [6.45, 7) is 4.08. The second kappa shape index (κ2) is 10.8. The molecule has 1 aliphatic rings. The number of methoxy groups -OCH3 is 1. The number of nitrogens with zero attached hydrogens (tertiary/aromatic N) is 2. The topological polar surface area (TPSA) is 51.7 Å². The third-order valence-corrected chi connectivity index (χ3v) is 6.95. The summed E-state index contributed by atoms with van der Waals surface area (Å²) >= 11 is 0. The minimum atomic E-state index is 0.0781. The van der Waals surface area contributed by atoms with Crippen LogP contribution < -0.4 is 9.47 Å². The van der Waals surface area contributed by atoms with Crippen molar-refractivity contribution in [3.63, 3.8) is 0 Å². The number of pyridine rings is 1. The Bertz CT molecular complexity index is 1340. The zero-order chi connectivity index (χ0) is 24.9. The van der Waals surface area contributed by atoms with Crippen molar-refractivity contribution in [3.8, 4) is 22.8 Å². The van der Waals surface area contributed by atoms with Gasteiger partial charge in [-0.3, -0.25) is 4.79 Å². The van der Waals surface area contributed by atoms with Crippen molar-refractivity contribution >= 4 is 16.8 Å². The highest BCUT2D eigenvalue weighted by Crippen LogP contribution is 2.33. The van der Waals surface area contributed by atoms with Crippen LogP contribution in [0.15, 0.2) is 78.9 Å². The van der Waals surface area contributed by atoms with Gasteiger partial charge < -0.3 is 14.4 Å². The Morgan fingerprint density at radius 3 is 2.53 bits per heavy atom. The molecule has 2 heterocycles. The molecule has 5 heteroatoms. The molecule has 1 aromatic heterocycles. The standard InChI is InChI=1S/C31H32N2O3/c1-3-36-30-21-29(24-10-7-11-26(19-24)35-2)32-28-13-12-25(20-27(28)30)31(34)33-16-14-23(15-17-33)18-22-8-5-4-6-9-22/h4-13,19-21,23H,3,14-18H2,1-2H3. The maximum absolute atomic E-state index is 13.4. The van der Waals surface area contributed by atoms with E-state index in [-0.39, 0.29) is 5.91 Å². The van der Waals surface area contributed by atoms with Crippen molar-refractivity contribution in [2.75, 3.05) is 26.8 Å². The van der Waals surface area contributed by atoms with Gasteiger partial charge in [0.2, 0.25) is 0 Å². The number of piperidine rings is 1. The monoisotopic (exact) mass is 480 g/mol. The molecule has 0 atom stereocenters. The SMILES string of the molecule is CCOc1cc(-c2cccc(OC)c2)nc2ccc(C(=O)N3CCC(Cc4ccccc4)CC3)cc12. The molecule has 0 unspecified atom stereocenters. The van der Waals surface area contributed by atoms with E-state index < -0.39 is 0 Å². The summed E-state index contributed by atoms with van der Waals surface area (Å²) in [7, 11) is 1.66. The first kappa shape index (κ1) is 23.9. The highest BCUT2D eigenvalue weighted by molar-refractivity contribution is 5.99. The van der Waals surface area contributed by atoms with Crippen LogP contribution >= 0.6 is 0 Å². The molecular weight excluding hydrogens is 448 g/mol. The van der Waals surface area contributed by atoms with Gasteiger partial charge in [0.25, 0.3) is 5.91 Å². The lowest BCUT2D eigenvalue weighted by molar-refractivity contribution is 0.0690. The van der Waals surface area contributed by atoms with E-state index in [1.807, 2.05) is 60.4 Å². The Hall–Kier alpha value is -3.86. The molecule has 1 amide bonds. The zero-order valence-corrected chi connectivity index (χ0v) is 20.9. The van der Waals surface area contributed by atoms with Crippen molar-refractivity contribution in [2.45, 2.75) is 26.2 Å². The van der Waals surface area contributed by atoms with Crippen LogP contribution in [-0.2, 0) is 6.42 Å². The van der Waals surface area contributed by atoms with Crippen molar-refractivity contribution < 1.29 is 14.3 Å². The highest BCUT2D eigenvalue weighted by atomic mass is 16.5. The molecule has 0 N–H and O–H groups in total. The third kappa shape index (κ3) is 5.20. The third-order valence-electron chi connectivity index (χ3n) is 6.95. The van der Waals surface area contributed by atoms with Gasteiger partial charge in [-0.1, -0.05) is 42.5 Å². The largest absolute Gasteiger partial charge is 0.497 e. The lowest BCUT2D eigenvalue weighted by Crippen LogP contribution is -2.38. The predicted molar refractivity (Wildman–Crippen MR) is 144 cm³/mol. The fourth-order valence-corrected chi connectivity index (χ4v) is 5.00. The van der Waals surface area contributed by atoms with E-state index in [2.05, 4.69) is 30.3 Å². The molecule has 0 aliphatic carbocycles. The lowest BCUT2D eigenvalue weighted by atomic mass is 9.90. The van der Waals surface area contributed by atoms with E-state index in [0.29, 0.717) is 18.1 Å². The van der Waals surface area contributed by atoms with Crippen LogP contribution in [0.3, 0.4) is 0 Å². The number of aromatic nitrogens is 1. The maximum atomic E-state index is 13.4. The lowest BCUT2D eigenvalue weighted by Gasteiger charge is -2.32. The number of fused-ring (bicyclic) bond motifs is 1. The van der Waals surface area contributed by atoms with E-state index in [0.717, 1.165) is 66.0 Å². The quantitative estimate of drug-likeness (QED) is 0.307. The van der Waals surface area contributed by atoms with Gasteiger partial charge >= 0.3 is 0 Å². The van der Waals surface area contributed by atoms with Gasteiger partial charge in [-0.05, 0) is 68.0 Å². The van der Waals surface area contributed by atoms with Crippen molar-refractivity contribution in [1.82, 2.24) is 9.88 Å². The van der Waals surface area contributed by atoms with E-state index in [1.165, 1.54) is 5.56 Å². The Balaban J connectivity index is 1.35. The molecule has 0 radical (unpaired) electrons. The van der Waals surface area contributed by atoms with Gasteiger partial charge in [-0.25, -0.2) is 4.98 Å². The number of hydrogen-bond acceptors (Lipinski definition) is 4. The number of benzene rings is 3. The Morgan fingerprint density at radius 2 is 1.78 bits per heavy atom. The van der Waals surface area contributed by atoms with E-state index in [4.69, 9.17) is 14.5 Å². The van der Waals surface area contributed by atoms with Gasteiger partial charge in [0, 0.05) is 35.7 Å². The summed E-state index contributed by atoms with van der Waals surface area (Å²) in [6, 6.07) is 26.2. The van der Waals surface area contributed by atoms with Crippen molar-refractivity contribution in [2.24, 2.45) is 5.92 Å². The summed E-state index contributed by atoms with van der Waals surface area (Å²) in [5, 5.41) is 0.855. The first-order valence-electron chi connectivity index (χ1n) is 12.7. The smallest absolute Gasteiger partial charge is 0.253 e. The summed E-state index contributed by atoms with van der Waals surface area (Å²) < 4.78 is 11.4. The van der Waals surface area contributed by atoms with Crippen LogP contribution in [-0.4, -0.2) is 42.6 Å². The average molecular weight is 481 g/mol. The minimum Gasteiger partial charge on any atom is -0.497 e. The molecule has 36 heavy (non-hydrogen) atoms.